The fourth-order valence-electron chi connectivity index (χ4n) is 3.11. The molecular formula is C22H42O4. The number of hydrogen-bond acceptors (Lipinski definition) is 3. The number of carbonyl (C=O) groups is 1. The zero-order valence-electron chi connectivity index (χ0n) is 16.9. The summed E-state index contributed by atoms with van der Waals surface area (Å²) in [4.78, 5) is 10.4. The average molecular weight is 371 g/mol. The van der Waals surface area contributed by atoms with Crippen LogP contribution in [0.2, 0.25) is 0 Å². The molecule has 0 radical (unpaired) electrons. The SMILES string of the molecule is CC[C@@H](O)[C@H](O)CCCCCCCCCCCCC/C=C\CCC(=O)O. The van der Waals surface area contributed by atoms with Gasteiger partial charge in [-0.05, 0) is 32.1 Å². The molecule has 0 aliphatic rings. The topological polar surface area (TPSA) is 77.8 Å². The van der Waals surface area contributed by atoms with Crippen molar-refractivity contribution < 1.29 is 20.1 Å². The molecule has 0 rings (SSSR count). The molecule has 0 saturated heterocycles. The first-order valence-electron chi connectivity index (χ1n) is 10.8. The standard InChI is InChI=1S/C22H42O4/c1-2-20(23)21(24)18-16-14-12-10-8-6-4-3-5-7-9-11-13-15-17-19-22(25)26/h13,15,20-21,23-24H,2-12,14,16-19H2,1H3,(H,25,26)/b15-13-/t20-,21-/m1/s1. The van der Waals surface area contributed by atoms with E-state index < -0.39 is 18.2 Å². The van der Waals surface area contributed by atoms with Crippen LogP contribution in [-0.2, 0) is 4.79 Å². The Hall–Kier alpha value is -0.870. The molecule has 0 fully saturated rings. The summed E-state index contributed by atoms with van der Waals surface area (Å²) in [6, 6.07) is 0. The molecule has 0 aromatic heterocycles. The number of rotatable bonds is 19. The van der Waals surface area contributed by atoms with Crippen LogP contribution in [0.3, 0.4) is 0 Å². The van der Waals surface area contributed by atoms with Crippen LogP contribution >= 0.6 is 0 Å². The molecule has 0 aromatic carbocycles. The fourth-order valence-corrected chi connectivity index (χ4v) is 3.11. The Balaban J connectivity index is 3.17. The zero-order valence-corrected chi connectivity index (χ0v) is 16.9. The molecule has 0 saturated carbocycles. The zero-order chi connectivity index (χ0) is 19.5. The van der Waals surface area contributed by atoms with Crippen molar-refractivity contribution >= 4 is 5.97 Å². The first-order chi connectivity index (χ1) is 12.6. The second kappa shape index (κ2) is 18.9. The lowest BCUT2D eigenvalue weighted by Crippen LogP contribution is -2.24. The van der Waals surface area contributed by atoms with Crippen molar-refractivity contribution in [2.24, 2.45) is 0 Å². The Bertz CT molecular complexity index is 341. The summed E-state index contributed by atoms with van der Waals surface area (Å²) in [5.41, 5.74) is 0. The minimum atomic E-state index is -0.722. The van der Waals surface area contributed by atoms with Gasteiger partial charge < -0.3 is 15.3 Å². The van der Waals surface area contributed by atoms with Crippen molar-refractivity contribution in [3.8, 4) is 0 Å². The molecule has 0 aromatic rings. The molecule has 0 amide bonds. The van der Waals surface area contributed by atoms with Gasteiger partial charge in [-0.15, -0.1) is 0 Å². The van der Waals surface area contributed by atoms with Crippen LogP contribution in [0.4, 0.5) is 0 Å². The highest BCUT2D eigenvalue weighted by Gasteiger charge is 2.12. The molecule has 0 heterocycles. The second-order valence-electron chi connectivity index (χ2n) is 7.41. The average Bonchev–Trinajstić information content (AvgIpc) is 2.63. The Morgan fingerprint density at radius 1 is 0.731 bits per heavy atom. The van der Waals surface area contributed by atoms with E-state index in [0.717, 1.165) is 25.7 Å². The van der Waals surface area contributed by atoms with Crippen LogP contribution in [0.1, 0.15) is 110 Å². The van der Waals surface area contributed by atoms with Crippen LogP contribution in [-0.4, -0.2) is 33.5 Å². The molecule has 4 heteroatoms. The Morgan fingerprint density at radius 3 is 1.69 bits per heavy atom. The fraction of sp³-hybridized carbons (Fsp3) is 0.864. The highest BCUT2D eigenvalue weighted by molar-refractivity contribution is 5.66. The van der Waals surface area contributed by atoms with E-state index in [1.165, 1.54) is 57.8 Å². The van der Waals surface area contributed by atoms with E-state index in [1.54, 1.807) is 0 Å². The number of aliphatic hydroxyl groups is 2. The number of aliphatic hydroxyl groups excluding tert-OH is 2. The summed E-state index contributed by atoms with van der Waals surface area (Å²) in [5.74, 6) is -0.722. The summed E-state index contributed by atoms with van der Waals surface area (Å²) < 4.78 is 0. The number of carboxylic acids is 1. The van der Waals surface area contributed by atoms with Crippen molar-refractivity contribution in [1.29, 1.82) is 0 Å². The van der Waals surface area contributed by atoms with Gasteiger partial charge in [0.25, 0.3) is 0 Å². The number of unbranched alkanes of at least 4 members (excludes halogenated alkanes) is 11. The van der Waals surface area contributed by atoms with Gasteiger partial charge in [0.05, 0.1) is 12.2 Å². The summed E-state index contributed by atoms with van der Waals surface area (Å²) in [5, 5.41) is 27.7. The highest BCUT2D eigenvalue weighted by atomic mass is 16.4. The highest BCUT2D eigenvalue weighted by Crippen LogP contribution is 2.14. The maximum absolute atomic E-state index is 10.4. The Labute approximate surface area is 160 Å². The van der Waals surface area contributed by atoms with Crippen LogP contribution in [0.5, 0.6) is 0 Å². The monoisotopic (exact) mass is 370 g/mol. The van der Waals surface area contributed by atoms with Gasteiger partial charge in [-0.25, -0.2) is 0 Å². The molecule has 0 aliphatic carbocycles. The summed E-state index contributed by atoms with van der Waals surface area (Å²) in [6.45, 7) is 1.90. The molecule has 0 bridgehead atoms. The Morgan fingerprint density at radius 2 is 1.19 bits per heavy atom. The van der Waals surface area contributed by atoms with Gasteiger partial charge >= 0.3 is 5.97 Å². The lowest BCUT2D eigenvalue weighted by Gasteiger charge is -2.15. The summed E-state index contributed by atoms with van der Waals surface area (Å²) >= 11 is 0. The molecule has 0 aliphatic heterocycles. The predicted molar refractivity (Wildman–Crippen MR) is 108 cm³/mol. The van der Waals surface area contributed by atoms with Gasteiger partial charge in [0, 0.05) is 6.42 Å². The molecular weight excluding hydrogens is 328 g/mol. The first kappa shape index (κ1) is 25.1. The van der Waals surface area contributed by atoms with Gasteiger partial charge in [0.1, 0.15) is 0 Å². The van der Waals surface area contributed by atoms with E-state index in [0.29, 0.717) is 12.8 Å². The molecule has 4 nitrogen and oxygen atoms in total. The van der Waals surface area contributed by atoms with Crippen molar-refractivity contribution in [2.45, 2.75) is 122 Å². The van der Waals surface area contributed by atoms with Crippen LogP contribution < -0.4 is 0 Å². The van der Waals surface area contributed by atoms with E-state index in [-0.39, 0.29) is 6.42 Å². The predicted octanol–water partition coefficient (Wildman–Crippen LogP) is 5.61. The molecule has 0 unspecified atom stereocenters. The summed E-state index contributed by atoms with van der Waals surface area (Å²) in [6.07, 6.45) is 20.1. The van der Waals surface area contributed by atoms with Crippen LogP contribution in [0.25, 0.3) is 0 Å². The third-order valence-electron chi connectivity index (χ3n) is 4.92. The minimum absolute atomic E-state index is 0.237. The minimum Gasteiger partial charge on any atom is -0.481 e. The smallest absolute Gasteiger partial charge is 0.303 e. The van der Waals surface area contributed by atoms with Gasteiger partial charge in [-0.2, -0.15) is 0 Å². The first-order valence-corrected chi connectivity index (χ1v) is 10.8. The number of hydrogen-bond donors (Lipinski definition) is 3. The normalized spacial score (nSPS) is 14.0. The lowest BCUT2D eigenvalue weighted by molar-refractivity contribution is -0.136. The largest absolute Gasteiger partial charge is 0.481 e. The third-order valence-corrected chi connectivity index (χ3v) is 4.92. The molecule has 0 spiro atoms. The molecule has 154 valence electrons. The number of aliphatic carboxylic acids is 1. The van der Waals surface area contributed by atoms with Gasteiger partial charge in [0.15, 0.2) is 0 Å². The van der Waals surface area contributed by atoms with Gasteiger partial charge in [-0.1, -0.05) is 83.3 Å². The van der Waals surface area contributed by atoms with E-state index in [4.69, 9.17) is 5.11 Å². The van der Waals surface area contributed by atoms with Crippen molar-refractivity contribution in [3.63, 3.8) is 0 Å². The maximum Gasteiger partial charge on any atom is 0.303 e. The maximum atomic E-state index is 10.4. The summed E-state index contributed by atoms with van der Waals surface area (Å²) in [7, 11) is 0. The van der Waals surface area contributed by atoms with Gasteiger partial charge in [-0.3, -0.25) is 4.79 Å². The van der Waals surface area contributed by atoms with E-state index >= 15 is 0 Å². The molecule has 2 atom stereocenters. The molecule has 26 heavy (non-hydrogen) atoms. The van der Waals surface area contributed by atoms with Crippen LogP contribution in [0, 0.1) is 0 Å². The Kier molecular flexibility index (Phi) is 18.3. The molecule has 3 N–H and O–H groups in total. The number of carboxylic acid groups (broad SMARTS) is 1. The van der Waals surface area contributed by atoms with E-state index in [9.17, 15) is 15.0 Å². The van der Waals surface area contributed by atoms with Crippen molar-refractivity contribution in [3.05, 3.63) is 12.2 Å². The number of allylic oxidation sites excluding steroid dienone is 2. The third kappa shape index (κ3) is 17.9. The van der Waals surface area contributed by atoms with Gasteiger partial charge in [0.2, 0.25) is 0 Å². The van der Waals surface area contributed by atoms with E-state index in [2.05, 4.69) is 6.08 Å². The second-order valence-corrected chi connectivity index (χ2v) is 7.41. The van der Waals surface area contributed by atoms with Crippen LogP contribution in [0.15, 0.2) is 12.2 Å². The lowest BCUT2D eigenvalue weighted by atomic mass is 10.0. The van der Waals surface area contributed by atoms with Crippen molar-refractivity contribution in [2.75, 3.05) is 0 Å². The van der Waals surface area contributed by atoms with E-state index in [1.807, 2.05) is 13.0 Å². The quantitative estimate of drug-likeness (QED) is 0.204. The van der Waals surface area contributed by atoms with Crippen molar-refractivity contribution in [1.82, 2.24) is 0 Å².